The van der Waals surface area contributed by atoms with Gasteiger partial charge in [-0.25, -0.2) is 4.98 Å². The van der Waals surface area contributed by atoms with E-state index in [0.29, 0.717) is 0 Å². The van der Waals surface area contributed by atoms with Crippen molar-refractivity contribution >= 4 is 6.08 Å². The van der Waals surface area contributed by atoms with E-state index in [2.05, 4.69) is 37.3 Å². The summed E-state index contributed by atoms with van der Waals surface area (Å²) < 4.78 is 0. The zero-order valence-electron chi connectivity index (χ0n) is 7.83. The Bertz CT molecular complexity index is 284. The first kappa shape index (κ1) is 8.91. The van der Waals surface area contributed by atoms with Crippen LogP contribution in [0, 0.1) is 0 Å². The lowest BCUT2D eigenvalue weighted by molar-refractivity contribution is 0.565. The highest BCUT2D eigenvalue weighted by Crippen LogP contribution is 2.18. The molecule has 0 radical (unpaired) electrons. The second-order valence-corrected chi connectivity index (χ2v) is 3.78. The molecule has 0 aliphatic carbocycles. The highest BCUT2D eigenvalue weighted by molar-refractivity contribution is 5.39. The van der Waals surface area contributed by atoms with Crippen LogP contribution in [0.25, 0.3) is 6.08 Å². The topological polar surface area (TPSA) is 25.8 Å². The standard InChI is InChI=1S/C10H14N2/c1-5-8-6-11-7-9(12-8)10(2,3)4/h5-7H,1H2,2-4H3. The van der Waals surface area contributed by atoms with Crippen molar-refractivity contribution in [3.8, 4) is 0 Å². The first-order chi connectivity index (χ1) is 5.54. The Morgan fingerprint density at radius 2 is 2.00 bits per heavy atom. The van der Waals surface area contributed by atoms with E-state index < -0.39 is 0 Å². The van der Waals surface area contributed by atoms with E-state index in [1.807, 2.05) is 0 Å². The molecule has 2 heteroatoms. The molecular formula is C10H14N2. The maximum Gasteiger partial charge on any atom is 0.0810 e. The van der Waals surface area contributed by atoms with Crippen molar-refractivity contribution in [2.45, 2.75) is 26.2 Å². The summed E-state index contributed by atoms with van der Waals surface area (Å²) in [6, 6.07) is 0. The van der Waals surface area contributed by atoms with Gasteiger partial charge in [-0.05, 0) is 6.08 Å². The molecular weight excluding hydrogens is 148 g/mol. The van der Waals surface area contributed by atoms with Gasteiger partial charge in [0.25, 0.3) is 0 Å². The Kier molecular flexibility index (Phi) is 2.27. The van der Waals surface area contributed by atoms with E-state index in [4.69, 9.17) is 0 Å². The lowest BCUT2D eigenvalue weighted by atomic mass is 9.93. The number of hydrogen-bond acceptors (Lipinski definition) is 2. The molecule has 1 aromatic rings. The maximum absolute atomic E-state index is 4.38. The van der Waals surface area contributed by atoms with E-state index in [0.717, 1.165) is 11.4 Å². The van der Waals surface area contributed by atoms with Crippen molar-refractivity contribution in [2.75, 3.05) is 0 Å². The van der Waals surface area contributed by atoms with Gasteiger partial charge in [0, 0.05) is 11.6 Å². The summed E-state index contributed by atoms with van der Waals surface area (Å²) in [5.41, 5.74) is 1.90. The van der Waals surface area contributed by atoms with Crippen molar-refractivity contribution in [1.29, 1.82) is 0 Å². The summed E-state index contributed by atoms with van der Waals surface area (Å²) in [6.45, 7) is 10.00. The van der Waals surface area contributed by atoms with Gasteiger partial charge in [-0.1, -0.05) is 27.4 Å². The lowest BCUT2D eigenvalue weighted by Crippen LogP contribution is -2.14. The molecule has 0 saturated heterocycles. The minimum Gasteiger partial charge on any atom is -0.261 e. The van der Waals surface area contributed by atoms with E-state index in [-0.39, 0.29) is 5.41 Å². The van der Waals surface area contributed by atoms with Crippen LogP contribution in [-0.2, 0) is 5.41 Å². The van der Waals surface area contributed by atoms with Gasteiger partial charge in [-0.15, -0.1) is 0 Å². The monoisotopic (exact) mass is 162 g/mol. The molecule has 0 atom stereocenters. The second-order valence-electron chi connectivity index (χ2n) is 3.78. The van der Waals surface area contributed by atoms with E-state index >= 15 is 0 Å². The minimum atomic E-state index is 0.0615. The Labute approximate surface area is 73.4 Å². The summed E-state index contributed by atoms with van der Waals surface area (Å²) >= 11 is 0. The molecule has 12 heavy (non-hydrogen) atoms. The maximum atomic E-state index is 4.38. The average molecular weight is 162 g/mol. The highest BCUT2D eigenvalue weighted by atomic mass is 14.8. The largest absolute Gasteiger partial charge is 0.261 e. The van der Waals surface area contributed by atoms with Gasteiger partial charge in [-0.2, -0.15) is 0 Å². The third-order valence-electron chi connectivity index (χ3n) is 1.63. The van der Waals surface area contributed by atoms with E-state index in [9.17, 15) is 0 Å². The van der Waals surface area contributed by atoms with Crippen molar-refractivity contribution in [1.82, 2.24) is 9.97 Å². The molecule has 0 aliphatic heterocycles. The Balaban J connectivity index is 3.10. The van der Waals surface area contributed by atoms with Crippen LogP contribution in [0.1, 0.15) is 32.2 Å². The average Bonchev–Trinajstić information content (AvgIpc) is 2.03. The SMILES string of the molecule is C=Cc1cncc(C(C)(C)C)n1. The second kappa shape index (κ2) is 3.05. The molecule has 1 rings (SSSR count). The van der Waals surface area contributed by atoms with Gasteiger partial charge in [0.2, 0.25) is 0 Å². The van der Waals surface area contributed by atoms with Crippen LogP contribution in [0.5, 0.6) is 0 Å². The molecule has 0 bridgehead atoms. The lowest BCUT2D eigenvalue weighted by Gasteiger charge is -2.16. The zero-order chi connectivity index (χ0) is 9.19. The van der Waals surface area contributed by atoms with E-state index in [1.165, 1.54) is 0 Å². The fourth-order valence-electron chi connectivity index (χ4n) is 0.841. The molecule has 64 valence electrons. The molecule has 0 unspecified atom stereocenters. The predicted octanol–water partition coefficient (Wildman–Crippen LogP) is 2.42. The van der Waals surface area contributed by atoms with Crippen LogP contribution >= 0.6 is 0 Å². The first-order valence-electron chi connectivity index (χ1n) is 3.99. The molecule has 0 spiro atoms. The number of rotatable bonds is 1. The van der Waals surface area contributed by atoms with Crippen molar-refractivity contribution in [3.05, 3.63) is 30.4 Å². The first-order valence-corrected chi connectivity index (χ1v) is 3.99. The molecule has 0 aliphatic rings. The van der Waals surface area contributed by atoms with Crippen molar-refractivity contribution in [3.63, 3.8) is 0 Å². The van der Waals surface area contributed by atoms with Crippen LogP contribution in [-0.4, -0.2) is 9.97 Å². The molecule has 0 aromatic carbocycles. The summed E-state index contributed by atoms with van der Waals surface area (Å²) in [7, 11) is 0. The summed E-state index contributed by atoms with van der Waals surface area (Å²) in [6.07, 6.45) is 5.22. The normalized spacial score (nSPS) is 11.2. The molecule has 0 amide bonds. The van der Waals surface area contributed by atoms with E-state index in [1.54, 1.807) is 18.5 Å². The molecule has 1 heterocycles. The van der Waals surface area contributed by atoms with Crippen LogP contribution in [0.15, 0.2) is 19.0 Å². The molecule has 0 fully saturated rings. The van der Waals surface area contributed by atoms with Crippen LogP contribution in [0.4, 0.5) is 0 Å². The van der Waals surface area contributed by atoms with Crippen LogP contribution in [0.2, 0.25) is 0 Å². The fourth-order valence-corrected chi connectivity index (χ4v) is 0.841. The Morgan fingerprint density at radius 3 is 2.50 bits per heavy atom. The van der Waals surface area contributed by atoms with Gasteiger partial charge in [0.05, 0.1) is 17.6 Å². The van der Waals surface area contributed by atoms with Gasteiger partial charge in [0.15, 0.2) is 0 Å². The third kappa shape index (κ3) is 1.91. The predicted molar refractivity (Wildman–Crippen MR) is 50.8 cm³/mol. The Hall–Kier alpha value is -1.18. The quantitative estimate of drug-likeness (QED) is 0.633. The number of hydrogen-bond donors (Lipinski definition) is 0. The molecule has 0 N–H and O–H groups in total. The van der Waals surface area contributed by atoms with Gasteiger partial charge >= 0.3 is 0 Å². The summed E-state index contributed by atoms with van der Waals surface area (Å²) in [4.78, 5) is 8.47. The fraction of sp³-hybridized carbons (Fsp3) is 0.400. The number of nitrogens with zero attached hydrogens (tertiary/aromatic N) is 2. The number of aromatic nitrogens is 2. The summed E-state index contributed by atoms with van der Waals surface area (Å²) in [5, 5.41) is 0. The van der Waals surface area contributed by atoms with Crippen molar-refractivity contribution < 1.29 is 0 Å². The van der Waals surface area contributed by atoms with Crippen LogP contribution in [0.3, 0.4) is 0 Å². The third-order valence-corrected chi connectivity index (χ3v) is 1.63. The van der Waals surface area contributed by atoms with Gasteiger partial charge in [0.1, 0.15) is 0 Å². The van der Waals surface area contributed by atoms with Crippen molar-refractivity contribution in [2.24, 2.45) is 0 Å². The molecule has 2 nitrogen and oxygen atoms in total. The van der Waals surface area contributed by atoms with Gasteiger partial charge < -0.3 is 0 Å². The smallest absolute Gasteiger partial charge is 0.0810 e. The highest BCUT2D eigenvalue weighted by Gasteiger charge is 2.15. The minimum absolute atomic E-state index is 0.0615. The zero-order valence-corrected chi connectivity index (χ0v) is 7.83. The van der Waals surface area contributed by atoms with Crippen LogP contribution < -0.4 is 0 Å². The molecule has 0 saturated carbocycles. The van der Waals surface area contributed by atoms with Gasteiger partial charge in [-0.3, -0.25) is 4.98 Å². The summed E-state index contributed by atoms with van der Waals surface area (Å²) in [5.74, 6) is 0. The molecule has 1 aromatic heterocycles. The Morgan fingerprint density at radius 1 is 1.33 bits per heavy atom.